The molecule has 0 aromatic rings. The van der Waals surface area contributed by atoms with Gasteiger partial charge in [-0.25, -0.2) is 0 Å². The quantitative estimate of drug-likeness (QED) is 0.444. The third kappa shape index (κ3) is 24.6. The van der Waals surface area contributed by atoms with Crippen LogP contribution in [0, 0.1) is 0 Å². The van der Waals surface area contributed by atoms with Gasteiger partial charge in [0.2, 0.25) is 6.41 Å². The molecule has 15 heavy (non-hydrogen) atoms. The Labute approximate surface area is 89.3 Å². The molecule has 0 spiro atoms. The lowest BCUT2D eigenvalue weighted by Crippen LogP contribution is -2.03. The van der Waals surface area contributed by atoms with Crippen LogP contribution in [-0.4, -0.2) is 44.4 Å². The van der Waals surface area contributed by atoms with E-state index < -0.39 is 5.97 Å². The lowest BCUT2D eigenvalue weighted by molar-refractivity contribution is -0.137. The van der Waals surface area contributed by atoms with Crippen molar-refractivity contribution < 1.29 is 24.2 Å². The molecule has 3 N–H and O–H groups in total. The molecule has 0 radical (unpaired) electrons. The molecule has 0 saturated carbocycles. The standard InChI is InChI=1S/C8H16O4.CH3NO/c1-11-6-7-12-5-3-2-4-8(9)10;2-1-3/h2-7H2,1H3,(H,9,10);1H,(H2,2,3). The number of amides is 1. The van der Waals surface area contributed by atoms with Crippen molar-refractivity contribution >= 4 is 12.4 Å². The number of primary amides is 1. The summed E-state index contributed by atoms with van der Waals surface area (Å²) in [6.45, 7) is 1.80. The highest BCUT2D eigenvalue weighted by Crippen LogP contribution is 1.95. The van der Waals surface area contributed by atoms with E-state index in [1.54, 1.807) is 7.11 Å². The predicted molar refractivity (Wildman–Crippen MR) is 54.4 cm³/mol. The van der Waals surface area contributed by atoms with Gasteiger partial charge in [-0.15, -0.1) is 0 Å². The zero-order valence-electron chi connectivity index (χ0n) is 8.98. The fourth-order valence-electron chi connectivity index (χ4n) is 0.725. The minimum absolute atomic E-state index is 0.230. The fraction of sp³-hybridized carbons (Fsp3) is 0.778. The zero-order chi connectivity index (χ0) is 11.9. The number of carbonyl (C=O) groups excluding carboxylic acids is 1. The number of nitrogens with two attached hydrogens (primary N) is 1. The minimum Gasteiger partial charge on any atom is -0.481 e. The van der Waals surface area contributed by atoms with Gasteiger partial charge in [0.1, 0.15) is 0 Å². The maximum Gasteiger partial charge on any atom is 0.303 e. The van der Waals surface area contributed by atoms with Crippen LogP contribution in [0.4, 0.5) is 0 Å². The summed E-state index contributed by atoms with van der Waals surface area (Å²) in [6.07, 6.45) is 1.96. The molecular weight excluding hydrogens is 202 g/mol. The molecule has 1 amide bonds. The molecule has 0 fully saturated rings. The van der Waals surface area contributed by atoms with Gasteiger partial charge in [0.15, 0.2) is 0 Å². The molecule has 0 aliphatic heterocycles. The third-order valence-corrected chi connectivity index (χ3v) is 1.36. The highest BCUT2D eigenvalue weighted by molar-refractivity contribution is 5.66. The number of methoxy groups -OCH3 is 1. The Kier molecular flexibility index (Phi) is 16.7. The molecule has 0 rings (SSSR count). The van der Waals surface area contributed by atoms with E-state index in [-0.39, 0.29) is 12.8 Å². The summed E-state index contributed by atoms with van der Waals surface area (Å²) in [6, 6.07) is 0. The van der Waals surface area contributed by atoms with Crippen molar-refractivity contribution in [2.45, 2.75) is 19.3 Å². The number of unbranched alkanes of at least 4 members (excludes halogenated alkanes) is 1. The van der Waals surface area contributed by atoms with Crippen LogP contribution in [0.15, 0.2) is 0 Å². The Morgan fingerprint density at radius 2 is 1.93 bits per heavy atom. The molecule has 90 valence electrons. The van der Waals surface area contributed by atoms with Gasteiger partial charge in [-0.1, -0.05) is 0 Å². The second-order valence-electron chi connectivity index (χ2n) is 2.59. The van der Waals surface area contributed by atoms with Crippen LogP contribution in [0.25, 0.3) is 0 Å². The maximum atomic E-state index is 10.1. The number of hydrogen-bond donors (Lipinski definition) is 2. The first kappa shape index (κ1) is 16.3. The number of carbonyl (C=O) groups is 2. The lowest BCUT2D eigenvalue weighted by Gasteiger charge is -2.01. The van der Waals surface area contributed by atoms with Crippen molar-refractivity contribution in [3.8, 4) is 0 Å². The first-order valence-corrected chi connectivity index (χ1v) is 4.62. The Morgan fingerprint density at radius 3 is 2.40 bits per heavy atom. The Morgan fingerprint density at radius 1 is 1.33 bits per heavy atom. The topological polar surface area (TPSA) is 98.8 Å². The van der Waals surface area contributed by atoms with Gasteiger partial charge in [-0.3, -0.25) is 9.59 Å². The molecule has 6 nitrogen and oxygen atoms in total. The van der Waals surface area contributed by atoms with Crippen molar-refractivity contribution in [3.63, 3.8) is 0 Å². The summed E-state index contributed by atoms with van der Waals surface area (Å²) in [7, 11) is 1.62. The van der Waals surface area contributed by atoms with E-state index in [4.69, 9.17) is 19.4 Å². The molecule has 0 bridgehead atoms. The highest BCUT2D eigenvalue weighted by atomic mass is 16.5. The van der Waals surface area contributed by atoms with Crippen LogP contribution in [0.3, 0.4) is 0 Å². The Balaban J connectivity index is 0. The van der Waals surface area contributed by atoms with Crippen LogP contribution >= 0.6 is 0 Å². The number of carboxylic acid groups (broad SMARTS) is 1. The largest absolute Gasteiger partial charge is 0.481 e. The highest BCUT2D eigenvalue weighted by Gasteiger charge is 1.95. The monoisotopic (exact) mass is 221 g/mol. The van der Waals surface area contributed by atoms with Gasteiger partial charge in [0.25, 0.3) is 0 Å². The van der Waals surface area contributed by atoms with Crippen molar-refractivity contribution in [3.05, 3.63) is 0 Å². The van der Waals surface area contributed by atoms with Crippen LogP contribution in [0.2, 0.25) is 0 Å². The number of rotatable bonds is 8. The number of ether oxygens (including phenoxy) is 2. The number of aliphatic carboxylic acids is 1. The Bertz CT molecular complexity index is 151. The van der Waals surface area contributed by atoms with Gasteiger partial charge in [0.05, 0.1) is 13.2 Å². The summed E-state index contributed by atoms with van der Waals surface area (Å²) in [5.41, 5.74) is 4.17. The molecule has 0 heterocycles. The molecule has 0 aliphatic carbocycles. The fourth-order valence-corrected chi connectivity index (χ4v) is 0.725. The molecule has 0 atom stereocenters. The van der Waals surface area contributed by atoms with E-state index in [1.165, 1.54) is 0 Å². The van der Waals surface area contributed by atoms with Crippen LogP contribution in [0.1, 0.15) is 19.3 Å². The van der Waals surface area contributed by atoms with Gasteiger partial charge >= 0.3 is 5.97 Å². The molecule has 6 heteroatoms. The van der Waals surface area contributed by atoms with E-state index in [1.807, 2.05) is 0 Å². The van der Waals surface area contributed by atoms with Gasteiger partial charge in [0, 0.05) is 20.1 Å². The number of hydrogen-bond acceptors (Lipinski definition) is 4. The van der Waals surface area contributed by atoms with Gasteiger partial charge in [-0.2, -0.15) is 0 Å². The average molecular weight is 221 g/mol. The minimum atomic E-state index is -0.744. The lowest BCUT2D eigenvalue weighted by atomic mass is 10.2. The van der Waals surface area contributed by atoms with E-state index >= 15 is 0 Å². The molecule has 0 unspecified atom stereocenters. The maximum absolute atomic E-state index is 10.1. The van der Waals surface area contributed by atoms with E-state index in [9.17, 15) is 4.79 Å². The van der Waals surface area contributed by atoms with Crippen LogP contribution in [0.5, 0.6) is 0 Å². The summed E-state index contributed by atoms with van der Waals surface area (Å²) in [5.74, 6) is -0.744. The van der Waals surface area contributed by atoms with Crippen molar-refractivity contribution in [1.29, 1.82) is 0 Å². The molecule has 0 aliphatic rings. The first-order valence-electron chi connectivity index (χ1n) is 4.62. The predicted octanol–water partition coefficient (Wildman–Crippen LogP) is 0.00580. The second kappa shape index (κ2) is 15.3. The molecule has 0 aromatic heterocycles. The van der Waals surface area contributed by atoms with Crippen LogP contribution in [-0.2, 0) is 19.1 Å². The normalized spacial score (nSPS) is 8.87. The van der Waals surface area contributed by atoms with Crippen molar-refractivity contribution in [2.75, 3.05) is 26.9 Å². The third-order valence-electron chi connectivity index (χ3n) is 1.36. The van der Waals surface area contributed by atoms with Crippen molar-refractivity contribution in [2.24, 2.45) is 5.73 Å². The smallest absolute Gasteiger partial charge is 0.303 e. The Hall–Kier alpha value is -1.14. The summed E-state index contributed by atoms with van der Waals surface area (Å²) >= 11 is 0. The summed E-state index contributed by atoms with van der Waals surface area (Å²) in [5, 5.41) is 8.29. The second-order valence-corrected chi connectivity index (χ2v) is 2.59. The van der Waals surface area contributed by atoms with E-state index in [0.717, 1.165) is 6.42 Å². The summed E-state index contributed by atoms with van der Waals surface area (Å²) in [4.78, 5) is 18.7. The molecular formula is C9H19NO5. The molecule has 0 saturated heterocycles. The number of carboxylic acids is 1. The van der Waals surface area contributed by atoms with E-state index in [2.05, 4.69) is 5.73 Å². The summed E-state index contributed by atoms with van der Waals surface area (Å²) < 4.78 is 9.91. The zero-order valence-corrected chi connectivity index (χ0v) is 8.98. The van der Waals surface area contributed by atoms with Crippen molar-refractivity contribution in [1.82, 2.24) is 0 Å². The average Bonchev–Trinajstić information content (AvgIpc) is 2.17. The van der Waals surface area contributed by atoms with Crippen LogP contribution < -0.4 is 5.73 Å². The van der Waals surface area contributed by atoms with Gasteiger partial charge < -0.3 is 20.3 Å². The molecule has 0 aromatic carbocycles. The first-order chi connectivity index (χ1) is 7.18. The van der Waals surface area contributed by atoms with Gasteiger partial charge in [-0.05, 0) is 12.8 Å². The SMILES string of the molecule is COCCOCCCCC(=O)O.NC=O. The van der Waals surface area contributed by atoms with E-state index in [0.29, 0.717) is 26.2 Å².